The number of benzene rings is 1. The molecule has 1 aromatic heterocycles. The fourth-order valence-corrected chi connectivity index (χ4v) is 2.90. The predicted molar refractivity (Wildman–Crippen MR) is 100 cm³/mol. The normalized spacial score (nSPS) is 11.7. The van der Waals surface area contributed by atoms with E-state index in [-0.39, 0.29) is 38.4 Å². The van der Waals surface area contributed by atoms with Gasteiger partial charge in [-0.15, -0.1) is 0 Å². The molecule has 148 valence electrons. The van der Waals surface area contributed by atoms with E-state index in [1.54, 1.807) is 25.1 Å². The van der Waals surface area contributed by atoms with Crippen LogP contribution in [-0.2, 0) is 6.18 Å². The van der Waals surface area contributed by atoms with Crippen LogP contribution in [-0.4, -0.2) is 41.8 Å². The maximum atomic E-state index is 13.2. The first-order chi connectivity index (χ1) is 13.0. The van der Waals surface area contributed by atoms with Gasteiger partial charge in [-0.1, -0.05) is 29.8 Å². The Morgan fingerprint density at radius 2 is 1.93 bits per heavy atom. The van der Waals surface area contributed by atoms with Gasteiger partial charge in [0, 0.05) is 14.1 Å². The van der Waals surface area contributed by atoms with E-state index in [2.05, 4.69) is 16.7 Å². The van der Waals surface area contributed by atoms with Gasteiger partial charge in [-0.3, -0.25) is 0 Å². The molecule has 0 aliphatic rings. The number of halogens is 6. The lowest BCUT2D eigenvalue weighted by atomic mass is 10.1. The first kappa shape index (κ1) is 21.7. The molecule has 0 unspecified atom stereocenters. The van der Waals surface area contributed by atoms with Crippen LogP contribution in [0.15, 0.2) is 23.7 Å². The van der Waals surface area contributed by atoms with Crippen molar-refractivity contribution >= 4 is 40.9 Å². The zero-order valence-electron chi connectivity index (χ0n) is 14.7. The Hall–Kier alpha value is -2.57. The van der Waals surface area contributed by atoms with Crippen LogP contribution in [0.2, 0.25) is 10.0 Å². The third-order valence-electron chi connectivity index (χ3n) is 3.45. The van der Waals surface area contributed by atoms with E-state index in [1.165, 1.54) is 6.34 Å². The number of nitrogens with zero attached hydrogens (tertiary/aromatic N) is 5. The third-order valence-corrected chi connectivity index (χ3v) is 4.03. The number of aromatic nitrogens is 2. The van der Waals surface area contributed by atoms with Crippen LogP contribution in [0.3, 0.4) is 0 Å². The molecule has 2 aromatic rings. The van der Waals surface area contributed by atoms with E-state index in [1.807, 2.05) is 0 Å². The van der Waals surface area contributed by atoms with Gasteiger partial charge >= 0.3 is 6.18 Å². The minimum absolute atomic E-state index is 0.00938. The van der Waals surface area contributed by atoms with Gasteiger partial charge < -0.3 is 4.90 Å². The molecule has 0 fully saturated rings. The Labute approximate surface area is 168 Å². The van der Waals surface area contributed by atoms with E-state index < -0.39 is 18.4 Å². The van der Waals surface area contributed by atoms with Crippen molar-refractivity contribution in [2.75, 3.05) is 20.8 Å². The summed E-state index contributed by atoms with van der Waals surface area (Å²) in [5.74, 6) is -0.0449. The standard InChI is InChI=1S/C17H13Cl2F4N5/c1-9(6-20)14-13(7-24)26-28(16(14)25-8-27(2)3)15-11(18)4-10(5-12(15)19)17(21,22)23/h4-5,8H,1,6H2,2-3H3/b25-8-. The maximum absolute atomic E-state index is 13.2. The van der Waals surface area contributed by atoms with E-state index in [0.29, 0.717) is 12.1 Å². The molecule has 0 N–H and O–H groups in total. The molecule has 5 nitrogen and oxygen atoms in total. The first-order valence-corrected chi connectivity index (χ1v) is 8.31. The Kier molecular flexibility index (Phi) is 6.37. The molecule has 2 rings (SSSR count). The second-order valence-electron chi connectivity index (χ2n) is 5.80. The molecular weight excluding hydrogens is 421 g/mol. The second-order valence-corrected chi connectivity index (χ2v) is 6.62. The third kappa shape index (κ3) is 4.29. The number of rotatable bonds is 5. The lowest BCUT2D eigenvalue weighted by Crippen LogP contribution is -2.09. The zero-order valence-corrected chi connectivity index (χ0v) is 16.2. The number of hydrogen-bond acceptors (Lipinski definition) is 3. The van der Waals surface area contributed by atoms with Gasteiger partial charge in [-0.25, -0.2) is 14.1 Å². The number of alkyl halides is 4. The van der Waals surface area contributed by atoms with Crippen LogP contribution in [0.1, 0.15) is 16.8 Å². The molecule has 0 atom stereocenters. The van der Waals surface area contributed by atoms with E-state index in [4.69, 9.17) is 23.2 Å². The molecule has 0 radical (unpaired) electrons. The molecule has 0 saturated heterocycles. The summed E-state index contributed by atoms with van der Waals surface area (Å²) in [6.45, 7) is 2.57. The summed E-state index contributed by atoms with van der Waals surface area (Å²) >= 11 is 12.1. The highest BCUT2D eigenvalue weighted by Crippen LogP contribution is 2.40. The van der Waals surface area contributed by atoms with E-state index in [0.717, 1.165) is 4.68 Å². The van der Waals surface area contributed by atoms with Crippen LogP contribution in [0.25, 0.3) is 11.3 Å². The number of allylic oxidation sites excluding steroid dienone is 1. The van der Waals surface area contributed by atoms with Crippen molar-refractivity contribution in [3.05, 3.63) is 45.6 Å². The van der Waals surface area contributed by atoms with Crippen LogP contribution < -0.4 is 0 Å². The molecule has 11 heteroatoms. The molecule has 28 heavy (non-hydrogen) atoms. The van der Waals surface area contributed by atoms with Gasteiger partial charge in [0.15, 0.2) is 11.5 Å². The smallest absolute Gasteiger partial charge is 0.369 e. The Bertz CT molecular complexity index is 964. The minimum Gasteiger partial charge on any atom is -0.369 e. The lowest BCUT2D eigenvalue weighted by Gasteiger charge is -2.14. The highest BCUT2D eigenvalue weighted by Gasteiger charge is 2.33. The fourth-order valence-electron chi connectivity index (χ4n) is 2.26. The van der Waals surface area contributed by atoms with Gasteiger partial charge in [0.05, 0.1) is 27.5 Å². The molecule has 0 aliphatic carbocycles. The molecular formula is C17H13Cl2F4N5. The summed E-state index contributed by atoms with van der Waals surface area (Å²) in [6.07, 6.45) is -3.32. The van der Waals surface area contributed by atoms with Crippen molar-refractivity contribution < 1.29 is 17.6 Å². The van der Waals surface area contributed by atoms with E-state index in [9.17, 15) is 22.8 Å². The van der Waals surface area contributed by atoms with Crippen LogP contribution in [0.4, 0.5) is 23.4 Å². The molecule has 0 saturated carbocycles. The summed E-state index contributed by atoms with van der Waals surface area (Å²) in [5.41, 5.74) is -1.47. The van der Waals surface area contributed by atoms with Crippen molar-refractivity contribution in [3.63, 3.8) is 0 Å². The van der Waals surface area contributed by atoms with Gasteiger partial charge in [-0.05, 0) is 17.7 Å². The summed E-state index contributed by atoms with van der Waals surface area (Å²) in [7, 11) is 3.33. The molecule has 1 aromatic carbocycles. The largest absolute Gasteiger partial charge is 0.416 e. The fraction of sp³-hybridized carbons (Fsp3) is 0.235. The van der Waals surface area contributed by atoms with Gasteiger partial charge in [0.1, 0.15) is 18.4 Å². The van der Waals surface area contributed by atoms with E-state index >= 15 is 0 Å². The Balaban J connectivity index is 2.84. The Morgan fingerprint density at radius 3 is 2.36 bits per heavy atom. The Morgan fingerprint density at radius 1 is 1.36 bits per heavy atom. The minimum atomic E-state index is -4.66. The molecule has 0 spiro atoms. The first-order valence-electron chi connectivity index (χ1n) is 7.55. The summed E-state index contributed by atoms with van der Waals surface area (Å²) in [4.78, 5) is 5.71. The second kappa shape index (κ2) is 8.20. The zero-order chi connectivity index (χ0) is 21.2. The topological polar surface area (TPSA) is 57.2 Å². The van der Waals surface area contributed by atoms with Gasteiger partial charge in [0.2, 0.25) is 0 Å². The predicted octanol–water partition coefficient (Wildman–Crippen LogP) is 5.27. The lowest BCUT2D eigenvalue weighted by molar-refractivity contribution is -0.137. The molecule has 0 aliphatic heterocycles. The SMILES string of the molecule is C=C(CF)c1c(C#N)nn(-c2c(Cl)cc(C(F)(F)F)cc2Cl)c1/N=C\N(C)C. The van der Waals surface area contributed by atoms with Crippen molar-refractivity contribution in [1.29, 1.82) is 5.26 Å². The maximum Gasteiger partial charge on any atom is 0.416 e. The number of nitriles is 1. The van der Waals surface area contributed by atoms with Crippen molar-refractivity contribution in [2.45, 2.75) is 6.18 Å². The van der Waals surface area contributed by atoms with Crippen molar-refractivity contribution in [3.8, 4) is 11.8 Å². The summed E-state index contributed by atoms with van der Waals surface area (Å²) in [5, 5.41) is 12.6. The molecule has 1 heterocycles. The molecule has 0 bridgehead atoms. The monoisotopic (exact) mass is 433 g/mol. The number of aliphatic imine (C=N–C) groups is 1. The van der Waals surface area contributed by atoms with Crippen LogP contribution in [0.5, 0.6) is 0 Å². The van der Waals surface area contributed by atoms with Crippen LogP contribution in [0, 0.1) is 11.3 Å². The van der Waals surface area contributed by atoms with Crippen molar-refractivity contribution in [1.82, 2.24) is 14.7 Å². The molecule has 0 amide bonds. The summed E-state index contributed by atoms with van der Waals surface area (Å²) < 4.78 is 53.2. The highest BCUT2D eigenvalue weighted by molar-refractivity contribution is 6.38. The van der Waals surface area contributed by atoms with Crippen molar-refractivity contribution in [2.24, 2.45) is 4.99 Å². The average Bonchev–Trinajstić information content (AvgIpc) is 2.96. The highest BCUT2D eigenvalue weighted by atomic mass is 35.5. The quantitative estimate of drug-likeness (QED) is 0.366. The summed E-state index contributed by atoms with van der Waals surface area (Å²) in [6, 6.07) is 3.15. The average molecular weight is 434 g/mol. The van der Waals surface area contributed by atoms with Gasteiger partial charge in [-0.2, -0.15) is 23.5 Å². The number of hydrogen-bond donors (Lipinski definition) is 0. The van der Waals surface area contributed by atoms with Crippen LogP contribution >= 0.6 is 23.2 Å². The van der Waals surface area contributed by atoms with Gasteiger partial charge in [0.25, 0.3) is 0 Å².